The highest BCUT2D eigenvalue weighted by atomic mass is 35.5. The molecule has 14 heavy (non-hydrogen) atoms. The van der Waals surface area contributed by atoms with Crippen molar-refractivity contribution in [3.63, 3.8) is 0 Å². The molecule has 2 unspecified atom stereocenters. The van der Waals surface area contributed by atoms with Crippen LogP contribution >= 0.6 is 34.8 Å². The van der Waals surface area contributed by atoms with Crippen LogP contribution in [0.3, 0.4) is 0 Å². The van der Waals surface area contributed by atoms with E-state index in [1.807, 2.05) is 6.92 Å². The van der Waals surface area contributed by atoms with Gasteiger partial charge in [-0.15, -0.1) is 11.6 Å². The number of carboxylic acids is 1. The fourth-order valence-electron chi connectivity index (χ4n) is 1.20. The summed E-state index contributed by atoms with van der Waals surface area (Å²) < 4.78 is 0. The van der Waals surface area contributed by atoms with Crippen LogP contribution in [0.4, 0.5) is 0 Å². The zero-order valence-electron chi connectivity index (χ0n) is 7.64. The number of allylic oxidation sites excluding steroid dienone is 2. The Kier molecular flexibility index (Phi) is 3.20. The third-order valence-corrected chi connectivity index (χ3v) is 3.88. The Morgan fingerprint density at radius 1 is 1.57 bits per heavy atom. The molecule has 0 aromatic heterocycles. The third-order valence-electron chi connectivity index (χ3n) is 2.35. The second-order valence-electron chi connectivity index (χ2n) is 3.37. The lowest BCUT2D eigenvalue weighted by molar-refractivity contribution is -0.132. The first-order valence-corrected chi connectivity index (χ1v) is 5.12. The first kappa shape index (κ1) is 11.9. The summed E-state index contributed by atoms with van der Waals surface area (Å²) in [5.74, 6) is -1.26. The van der Waals surface area contributed by atoms with Crippen LogP contribution in [-0.4, -0.2) is 16.0 Å². The molecule has 0 aromatic rings. The van der Waals surface area contributed by atoms with Crippen LogP contribution in [0.15, 0.2) is 21.7 Å². The van der Waals surface area contributed by atoms with Crippen LogP contribution in [-0.2, 0) is 4.79 Å². The van der Waals surface area contributed by atoms with E-state index >= 15 is 0 Å². The van der Waals surface area contributed by atoms with E-state index in [1.54, 1.807) is 13.0 Å². The fourth-order valence-corrected chi connectivity index (χ4v) is 2.13. The molecule has 1 aliphatic rings. The molecule has 0 radical (unpaired) electrons. The van der Waals surface area contributed by atoms with Crippen molar-refractivity contribution in [3.8, 4) is 0 Å². The van der Waals surface area contributed by atoms with E-state index in [0.717, 1.165) is 0 Å². The van der Waals surface area contributed by atoms with Gasteiger partial charge in [0.2, 0.25) is 0 Å². The molecule has 0 aliphatic heterocycles. The van der Waals surface area contributed by atoms with Crippen molar-refractivity contribution in [1.82, 2.24) is 0 Å². The Labute approximate surface area is 97.1 Å². The Morgan fingerprint density at radius 3 is 2.50 bits per heavy atom. The maximum absolute atomic E-state index is 10.8. The number of hydrogen-bond donors (Lipinski definition) is 1. The number of halogens is 3. The quantitative estimate of drug-likeness (QED) is 0.730. The van der Waals surface area contributed by atoms with E-state index in [2.05, 4.69) is 0 Å². The summed E-state index contributed by atoms with van der Waals surface area (Å²) >= 11 is 17.8. The van der Waals surface area contributed by atoms with Gasteiger partial charge in [-0.25, -0.2) is 4.79 Å². The van der Waals surface area contributed by atoms with Crippen molar-refractivity contribution in [3.05, 3.63) is 21.7 Å². The van der Waals surface area contributed by atoms with Crippen LogP contribution in [0.25, 0.3) is 0 Å². The molecule has 0 heterocycles. The second kappa shape index (κ2) is 3.76. The topological polar surface area (TPSA) is 37.3 Å². The molecule has 0 spiro atoms. The van der Waals surface area contributed by atoms with E-state index in [-0.39, 0.29) is 21.6 Å². The van der Waals surface area contributed by atoms with Gasteiger partial charge in [0.15, 0.2) is 0 Å². The number of hydrogen-bond acceptors (Lipinski definition) is 1. The van der Waals surface area contributed by atoms with Gasteiger partial charge in [0.25, 0.3) is 0 Å². The van der Waals surface area contributed by atoms with Gasteiger partial charge in [0, 0.05) is 0 Å². The largest absolute Gasteiger partial charge is 0.478 e. The minimum absolute atomic E-state index is 0.0895. The molecule has 0 saturated heterocycles. The van der Waals surface area contributed by atoms with Gasteiger partial charge in [-0.05, 0) is 12.8 Å². The smallest absolute Gasteiger partial charge is 0.338 e. The van der Waals surface area contributed by atoms with E-state index in [9.17, 15) is 4.79 Å². The highest BCUT2D eigenvalue weighted by Gasteiger charge is 2.39. The second-order valence-corrected chi connectivity index (χ2v) is 4.94. The average molecular weight is 256 g/mol. The average Bonchev–Trinajstić information content (AvgIpc) is 2.00. The van der Waals surface area contributed by atoms with E-state index in [4.69, 9.17) is 39.9 Å². The monoisotopic (exact) mass is 254 g/mol. The predicted octanol–water partition coefficient (Wildman–Crippen LogP) is 3.33. The van der Waals surface area contributed by atoms with Gasteiger partial charge < -0.3 is 5.11 Å². The number of rotatable bonds is 1. The minimum Gasteiger partial charge on any atom is -0.478 e. The van der Waals surface area contributed by atoms with Crippen molar-refractivity contribution in [2.75, 3.05) is 0 Å². The first-order chi connectivity index (χ1) is 6.28. The summed E-state index contributed by atoms with van der Waals surface area (Å²) in [6.07, 6.45) is 1.60. The maximum atomic E-state index is 10.8. The SMILES string of the molecule is CC1C=C(Cl)C(C(=O)O)=C(Cl)C1(C)Cl. The maximum Gasteiger partial charge on any atom is 0.338 e. The Bertz CT molecular complexity index is 342. The zero-order chi connectivity index (χ0) is 11.1. The molecule has 1 rings (SSSR count). The van der Waals surface area contributed by atoms with E-state index in [0.29, 0.717) is 0 Å². The van der Waals surface area contributed by atoms with Crippen molar-refractivity contribution >= 4 is 40.8 Å². The number of alkyl halides is 1. The molecule has 2 nitrogen and oxygen atoms in total. The molecule has 0 bridgehead atoms. The van der Waals surface area contributed by atoms with Crippen LogP contribution in [0.2, 0.25) is 0 Å². The number of carboxylic acid groups (broad SMARTS) is 1. The van der Waals surface area contributed by atoms with Gasteiger partial charge in [-0.2, -0.15) is 0 Å². The first-order valence-electron chi connectivity index (χ1n) is 3.98. The van der Waals surface area contributed by atoms with E-state index in [1.165, 1.54) is 0 Å². The number of aliphatic carboxylic acids is 1. The molecule has 78 valence electrons. The van der Waals surface area contributed by atoms with Gasteiger partial charge in [0.1, 0.15) is 0 Å². The molecule has 1 aliphatic carbocycles. The van der Waals surface area contributed by atoms with Gasteiger partial charge in [-0.3, -0.25) is 0 Å². The summed E-state index contributed by atoms with van der Waals surface area (Å²) in [5.41, 5.74) is -0.107. The van der Waals surface area contributed by atoms with Crippen molar-refractivity contribution in [2.24, 2.45) is 5.92 Å². The summed E-state index contributed by atoms with van der Waals surface area (Å²) in [7, 11) is 0. The lowest BCUT2D eigenvalue weighted by Crippen LogP contribution is -2.31. The Morgan fingerprint density at radius 2 is 2.07 bits per heavy atom. The summed E-state index contributed by atoms with van der Waals surface area (Å²) in [4.78, 5) is 9.95. The molecule has 0 amide bonds. The van der Waals surface area contributed by atoms with Crippen molar-refractivity contribution < 1.29 is 9.90 Å². The fraction of sp³-hybridized carbons (Fsp3) is 0.444. The van der Waals surface area contributed by atoms with Crippen LogP contribution in [0.5, 0.6) is 0 Å². The van der Waals surface area contributed by atoms with Crippen molar-refractivity contribution in [1.29, 1.82) is 0 Å². The summed E-state index contributed by atoms with van der Waals surface area (Å²) in [6, 6.07) is 0. The molecule has 0 aromatic carbocycles. The highest BCUT2D eigenvalue weighted by molar-refractivity contribution is 6.44. The highest BCUT2D eigenvalue weighted by Crippen LogP contribution is 2.44. The third kappa shape index (κ3) is 1.79. The van der Waals surface area contributed by atoms with Crippen LogP contribution < -0.4 is 0 Å². The lowest BCUT2D eigenvalue weighted by atomic mass is 9.87. The predicted molar refractivity (Wildman–Crippen MR) is 57.9 cm³/mol. The van der Waals surface area contributed by atoms with Gasteiger partial charge in [-0.1, -0.05) is 36.2 Å². The molecular formula is C9H9Cl3O2. The van der Waals surface area contributed by atoms with Gasteiger partial charge in [0.05, 0.1) is 20.5 Å². The Balaban J connectivity index is 3.32. The van der Waals surface area contributed by atoms with E-state index < -0.39 is 10.8 Å². The minimum atomic E-state index is -1.16. The molecule has 1 N–H and O–H groups in total. The molecular weight excluding hydrogens is 246 g/mol. The lowest BCUT2D eigenvalue weighted by Gasteiger charge is -2.31. The summed E-state index contributed by atoms with van der Waals surface area (Å²) in [6.45, 7) is 3.50. The molecule has 5 heteroatoms. The normalized spacial score (nSPS) is 32.9. The zero-order valence-corrected chi connectivity index (χ0v) is 9.91. The molecule has 2 atom stereocenters. The summed E-state index contributed by atoms with van der Waals surface area (Å²) in [5, 5.41) is 9.11. The standard InChI is InChI=1S/C9H9Cl3O2/c1-4-3-5(10)6(8(13)14)7(11)9(4,2)12/h3-4H,1-2H3,(H,13,14). The van der Waals surface area contributed by atoms with Crippen LogP contribution in [0.1, 0.15) is 13.8 Å². The number of carbonyl (C=O) groups is 1. The molecule has 0 saturated carbocycles. The molecule has 0 fully saturated rings. The van der Waals surface area contributed by atoms with Crippen LogP contribution in [0, 0.1) is 5.92 Å². The Hall–Kier alpha value is -0.180. The van der Waals surface area contributed by atoms with Crippen molar-refractivity contribution in [2.45, 2.75) is 18.7 Å². The van der Waals surface area contributed by atoms with Gasteiger partial charge >= 0.3 is 5.97 Å².